The molecule has 1 rings (SSSR count). The number of hydrogen-bond donors (Lipinski definition) is 3. The number of carbonyl (C=O) groups is 1. The predicted octanol–water partition coefficient (Wildman–Crippen LogP) is 2.22. The second kappa shape index (κ2) is 11.4. The van der Waals surface area contributed by atoms with E-state index in [0.717, 1.165) is 18.3 Å². The van der Waals surface area contributed by atoms with Crippen LogP contribution in [0.25, 0.3) is 0 Å². The summed E-state index contributed by atoms with van der Waals surface area (Å²) >= 11 is 2.00. The van der Waals surface area contributed by atoms with E-state index in [4.69, 9.17) is 0 Å². The highest BCUT2D eigenvalue weighted by Crippen LogP contribution is 2.16. The van der Waals surface area contributed by atoms with Crippen molar-refractivity contribution in [3.05, 3.63) is 0 Å². The molecule has 0 saturated carbocycles. The minimum absolute atomic E-state index is 0. The van der Waals surface area contributed by atoms with Gasteiger partial charge >= 0.3 is 0 Å². The fraction of sp³-hybridized carbons (Fsp3) is 0.867. The SMILES string of the molecule is CCNC(=NCCNC(=O)C(C)(C)C)NC1CCCSC1.I. The molecule has 22 heavy (non-hydrogen) atoms. The number of thioether (sulfide) groups is 1. The summed E-state index contributed by atoms with van der Waals surface area (Å²) in [7, 11) is 0. The summed E-state index contributed by atoms with van der Waals surface area (Å²) < 4.78 is 0. The van der Waals surface area contributed by atoms with Gasteiger partial charge < -0.3 is 16.0 Å². The molecule has 7 heteroatoms. The lowest BCUT2D eigenvalue weighted by Gasteiger charge is -2.24. The summed E-state index contributed by atoms with van der Waals surface area (Å²) in [6.07, 6.45) is 2.47. The van der Waals surface area contributed by atoms with Crippen molar-refractivity contribution in [2.24, 2.45) is 10.4 Å². The van der Waals surface area contributed by atoms with Crippen LogP contribution in [0, 0.1) is 5.41 Å². The van der Waals surface area contributed by atoms with Crippen molar-refractivity contribution in [2.45, 2.75) is 46.6 Å². The second-order valence-corrected chi connectivity index (χ2v) is 7.47. The molecule has 0 bridgehead atoms. The van der Waals surface area contributed by atoms with E-state index in [0.29, 0.717) is 19.1 Å². The van der Waals surface area contributed by atoms with Gasteiger partial charge in [0.15, 0.2) is 5.96 Å². The molecule has 0 radical (unpaired) electrons. The molecule has 3 N–H and O–H groups in total. The first-order chi connectivity index (χ1) is 9.93. The highest BCUT2D eigenvalue weighted by molar-refractivity contribution is 14.0. The Labute approximate surface area is 156 Å². The summed E-state index contributed by atoms with van der Waals surface area (Å²) in [6.45, 7) is 9.82. The van der Waals surface area contributed by atoms with Gasteiger partial charge in [0.1, 0.15) is 0 Å². The van der Waals surface area contributed by atoms with Crippen molar-refractivity contribution < 1.29 is 4.79 Å². The maximum absolute atomic E-state index is 11.8. The number of carbonyl (C=O) groups excluding carboxylic acids is 1. The molecule has 1 aliphatic rings. The summed E-state index contributed by atoms with van der Waals surface area (Å²) in [5.41, 5.74) is -0.341. The van der Waals surface area contributed by atoms with Crippen LogP contribution in [0.5, 0.6) is 0 Å². The van der Waals surface area contributed by atoms with Crippen molar-refractivity contribution >= 4 is 47.6 Å². The number of nitrogens with zero attached hydrogens (tertiary/aromatic N) is 1. The van der Waals surface area contributed by atoms with E-state index in [-0.39, 0.29) is 35.3 Å². The van der Waals surface area contributed by atoms with E-state index in [2.05, 4.69) is 27.9 Å². The van der Waals surface area contributed by atoms with Gasteiger partial charge in [-0.2, -0.15) is 11.8 Å². The first-order valence-electron chi connectivity index (χ1n) is 7.84. The molecule has 1 amide bonds. The van der Waals surface area contributed by atoms with Crippen LogP contribution in [0.15, 0.2) is 4.99 Å². The van der Waals surface area contributed by atoms with Gasteiger partial charge in [-0.15, -0.1) is 24.0 Å². The molecule has 1 unspecified atom stereocenters. The highest BCUT2D eigenvalue weighted by Gasteiger charge is 2.20. The maximum atomic E-state index is 11.8. The molecule has 1 saturated heterocycles. The number of amides is 1. The van der Waals surface area contributed by atoms with Crippen LogP contribution in [0.3, 0.4) is 0 Å². The standard InChI is InChI=1S/C15H30N4OS.HI/c1-5-16-14(19-12-7-6-10-21-11-12)18-9-8-17-13(20)15(2,3)4;/h12H,5-11H2,1-4H3,(H,17,20)(H2,16,18,19);1H. The molecule has 1 aliphatic heterocycles. The van der Waals surface area contributed by atoms with E-state index in [1.165, 1.54) is 18.6 Å². The Bertz CT molecular complexity index is 352. The van der Waals surface area contributed by atoms with Gasteiger partial charge in [0.25, 0.3) is 0 Å². The summed E-state index contributed by atoms with van der Waals surface area (Å²) in [4.78, 5) is 16.3. The average molecular weight is 442 g/mol. The van der Waals surface area contributed by atoms with Crippen molar-refractivity contribution in [1.29, 1.82) is 0 Å². The van der Waals surface area contributed by atoms with Crippen LogP contribution >= 0.6 is 35.7 Å². The molecular formula is C15H31IN4OS. The van der Waals surface area contributed by atoms with Crippen LogP contribution in [-0.2, 0) is 4.79 Å². The lowest BCUT2D eigenvalue weighted by molar-refractivity contribution is -0.128. The van der Waals surface area contributed by atoms with Crippen LogP contribution in [0.2, 0.25) is 0 Å². The number of aliphatic imine (C=N–C) groups is 1. The largest absolute Gasteiger partial charge is 0.357 e. The van der Waals surface area contributed by atoms with Gasteiger partial charge in [-0.3, -0.25) is 9.79 Å². The Kier molecular flexibility index (Phi) is 11.3. The van der Waals surface area contributed by atoms with E-state index >= 15 is 0 Å². The van der Waals surface area contributed by atoms with E-state index in [9.17, 15) is 4.79 Å². The van der Waals surface area contributed by atoms with Crippen molar-refractivity contribution in [2.75, 3.05) is 31.1 Å². The van der Waals surface area contributed by atoms with Gasteiger partial charge in [0.2, 0.25) is 5.91 Å². The summed E-state index contributed by atoms with van der Waals surface area (Å²) in [5, 5.41) is 9.66. The van der Waals surface area contributed by atoms with Gasteiger partial charge in [0.05, 0.1) is 6.54 Å². The Morgan fingerprint density at radius 3 is 2.59 bits per heavy atom. The Morgan fingerprint density at radius 2 is 2.05 bits per heavy atom. The molecule has 1 fully saturated rings. The Morgan fingerprint density at radius 1 is 1.32 bits per heavy atom. The number of hydrogen-bond acceptors (Lipinski definition) is 3. The summed E-state index contributed by atoms with van der Waals surface area (Å²) in [6, 6.07) is 0.505. The first kappa shape index (κ1) is 21.8. The molecular weight excluding hydrogens is 411 g/mol. The monoisotopic (exact) mass is 442 g/mol. The maximum Gasteiger partial charge on any atom is 0.225 e. The third kappa shape index (κ3) is 9.07. The number of nitrogens with one attached hydrogen (secondary N) is 3. The molecule has 0 aliphatic carbocycles. The van der Waals surface area contributed by atoms with Gasteiger partial charge in [0, 0.05) is 30.3 Å². The third-order valence-electron chi connectivity index (χ3n) is 3.19. The smallest absolute Gasteiger partial charge is 0.225 e. The molecule has 0 aromatic heterocycles. The summed E-state index contributed by atoms with van der Waals surface area (Å²) in [5.74, 6) is 3.34. The molecule has 0 spiro atoms. The zero-order valence-electron chi connectivity index (χ0n) is 14.2. The zero-order valence-corrected chi connectivity index (χ0v) is 17.3. The van der Waals surface area contributed by atoms with Crippen LogP contribution in [0.4, 0.5) is 0 Å². The third-order valence-corrected chi connectivity index (χ3v) is 4.41. The molecule has 1 heterocycles. The van der Waals surface area contributed by atoms with E-state index in [1.807, 2.05) is 32.5 Å². The zero-order chi connectivity index (χ0) is 15.7. The normalized spacial score (nSPS) is 19.1. The molecule has 1 atom stereocenters. The molecule has 130 valence electrons. The number of guanidine groups is 1. The van der Waals surface area contributed by atoms with Gasteiger partial charge in [-0.25, -0.2) is 0 Å². The first-order valence-corrected chi connectivity index (χ1v) is 9.00. The minimum atomic E-state index is -0.341. The molecule has 0 aromatic rings. The topological polar surface area (TPSA) is 65.5 Å². The van der Waals surface area contributed by atoms with Crippen molar-refractivity contribution in [1.82, 2.24) is 16.0 Å². The fourth-order valence-electron chi connectivity index (χ4n) is 1.97. The van der Waals surface area contributed by atoms with E-state index in [1.54, 1.807) is 0 Å². The number of rotatable bonds is 5. The van der Waals surface area contributed by atoms with Crippen LogP contribution < -0.4 is 16.0 Å². The van der Waals surface area contributed by atoms with Gasteiger partial charge in [-0.05, 0) is 25.5 Å². The Balaban J connectivity index is 0.00000441. The van der Waals surface area contributed by atoms with Gasteiger partial charge in [-0.1, -0.05) is 20.8 Å². The van der Waals surface area contributed by atoms with Crippen LogP contribution in [-0.4, -0.2) is 49.0 Å². The van der Waals surface area contributed by atoms with Crippen molar-refractivity contribution in [3.8, 4) is 0 Å². The minimum Gasteiger partial charge on any atom is -0.357 e. The predicted molar refractivity (Wildman–Crippen MR) is 107 cm³/mol. The number of halogens is 1. The molecule has 0 aromatic carbocycles. The van der Waals surface area contributed by atoms with Crippen LogP contribution in [0.1, 0.15) is 40.5 Å². The average Bonchev–Trinajstić information content (AvgIpc) is 2.43. The van der Waals surface area contributed by atoms with E-state index < -0.39 is 0 Å². The second-order valence-electron chi connectivity index (χ2n) is 6.32. The highest BCUT2D eigenvalue weighted by atomic mass is 127. The van der Waals surface area contributed by atoms with Crippen molar-refractivity contribution in [3.63, 3.8) is 0 Å². The fourth-order valence-corrected chi connectivity index (χ4v) is 3.04. The Hall–Kier alpha value is -0.180. The lowest BCUT2D eigenvalue weighted by atomic mass is 9.96. The molecule has 5 nitrogen and oxygen atoms in total. The quantitative estimate of drug-likeness (QED) is 0.265. The lowest BCUT2D eigenvalue weighted by Crippen LogP contribution is -2.46.